The SMILES string of the molecule is COc1cccc(CS(=O)(=O)c2cccc(F)c2)c1. The van der Waals surface area contributed by atoms with E-state index in [-0.39, 0.29) is 10.6 Å². The molecule has 0 N–H and O–H groups in total. The van der Waals surface area contributed by atoms with Gasteiger partial charge in [0, 0.05) is 0 Å². The third kappa shape index (κ3) is 3.32. The van der Waals surface area contributed by atoms with Crippen molar-refractivity contribution in [1.29, 1.82) is 0 Å². The second kappa shape index (κ2) is 5.40. The van der Waals surface area contributed by atoms with E-state index in [1.165, 1.54) is 25.3 Å². The van der Waals surface area contributed by atoms with Crippen molar-refractivity contribution < 1.29 is 17.5 Å². The molecule has 0 aliphatic carbocycles. The minimum Gasteiger partial charge on any atom is -0.497 e. The van der Waals surface area contributed by atoms with Crippen molar-refractivity contribution in [3.63, 3.8) is 0 Å². The summed E-state index contributed by atoms with van der Waals surface area (Å²) in [5.74, 6) is -0.160. The Morgan fingerprint density at radius 3 is 2.53 bits per heavy atom. The average molecular weight is 280 g/mol. The van der Waals surface area contributed by atoms with Gasteiger partial charge in [-0.3, -0.25) is 0 Å². The van der Waals surface area contributed by atoms with Gasteiger partial charge >= 0.3 is 0 Å². The minimum absolute atomic E-state index is 0.0182. The molecule has 3 nitrogen and oxygen atoms in total. The van der Waals surface area contributed by atoms with Crippen molar-refractivity contribution in [2.24, 2.45) is 0 Å². The van der Waals surface area contributed by atoms with Crippen LogP contribution < -0.4 is 4.74 Å². The Hall–Kier alpha value is -1.88. The summed E-state index contributed by atoms with van der Waals surface area (Å²) in [5.41, 5.74) is 0.601. The maximum atomic E-state index is 13.1. The monoisotopic (exact) mass is 280 g/mol. The number of benzene rings is 2. The minimum atomic E-state index is -3.56. The molecule has 2 aromatic rings. The van der Waals surface area contributed by atoms with Crippen LogP contribution in [0.15, 0.2) is 53.4 Å². The van der Waals surface area contributed by atoms with Crippen LogP contribution in [0, 0.1) is 5.82 Å². The van der Waals surface area contributed by atoms with Crippen molar-refractivity contribution in [2.75, 3.05) is 7.11 Å². The van der Waals surface area contributed by atoms with E-state index < -0.39 is 15.7 Å². The van der Waals surface area contributed by atoms with Crippen molar-refractivity contribution in [3.05, 3.63) is 59.9 Å². The van der Waals surface area contributed by atoms with Crippen molar-refractivity contribution in [1.82, 2.24) is 0 Å². The molecular weight excluding hydrogens is 267 g/mol. The second-order valence-corrected chi connectivity index (χ2v) is 6.06. The number of hydrogen-bond acceptors (Lipinski definition) is 3. The Balaban J connectivity index is 2.31. The van der Waals surface area contributed by atoms with Gasteiger partial charge in [-0.15, -0.1) is 0 Å². The average Bonchev–Trinajstić information content (AvgIpc) is 2.38. The zero-order valence-electron chi connectivity index (χ0n) is 10.3. The molecule has 0 unspecified atom stereocenters. The Morgan fingerprint density at radius 1 is 1.11 bits per heavy atom. The van der Waals surface area contributed by atoms with Gasteiger partial charge in [0.05, 0.1) is 17.8 Å². The summed E-state index contributed by atoms with van der Waals surface area (Å²) in [5, 5.41) is 0. The van der Waals surface area contributed by atoms with Gasteiger partial charge in [0.1, 0.15) is 11.6 Å². The molecule has 0 radical (unpaired) electrons. The first-order chi connectivity index (χ1) is 9.01. The molecule has 100 valence electrons. The summed E-state index contributed by atoms with van der Waals surface area (Å²) in [6, 6.07) is 11.8. The lowest BCUT2D eigenvalue weighted by Gasteiger charge is -2.06. The van der Waals surface area contributed by atoms with Crippen LogP contribution in [-0.2, 0) is 15.6 Å². The first-order valence-electron chi connectivity index (χ1n) is 5.62. The fourth-order valence-corrected chi connectivity index (χ4v) is 3.09. The summed E-state index contributed by atoms with van der Waals surface area (Å²) >= 11 is 0. The molecule has 0 amide bonds. The summed E-state index contributed by atoms with van der Waals surface area (Å²) in [6.45, 7) is 0. The molecule has 5 heteroatoms. The van der Waals surface area contributed by atoms with E-state index in [4.69, 9.17) is 4.74 Å². The Morgan fingerprint density at radius 2 is 1.84 bits per heavy atom. The molecule has 0 fully saturated rings. The predicted octanol–water partition coefficient (Wildman–Crippen LogP) is 2.81. The van der Waals surface area contributed by atoms with E-state index in [9.17, 15) is 12.8 Å². The van der Waals surface area contributed by atoms with Crippen LogP contribution in [0.3, 0.4) is 0 Å². The van der Waals surface area contributed by atoms with E-state index in [2.05, 4.69) is 0 Å². The molecule has 0 aromatic heterocycles. The third-order valence-corrected chi connectivity index (χ3v) is 4.33. The number of rotatable bonds is 4. The van der Waals surface area contributed by atoms with Crippen LogP contribution in [0.4, 0.5) is 4.39 Å². The zero-order chi connectivity index (χ0) is 13.9. The maximum absolute atomic E-state index is 13.1. The van der Waals surface area contributed by atoms with Crippen molar-refractivity contribution in [3.8, 4) is 5.75 Å². The Labute approximate surface area is 111 Å². The lowest BCUT2D eigenvalue weighted by atomic mass is 10.2. The van der Waals surface area contributed by atoms with Crippen molar-refractivity contribution in [2.45, 2.75) is 10.6 Å². The largest absolute Gasteiger partial charge is 0.497 e. The van der Waals surface area contributed by atoms with Gasteiger partial charge in [0.25, 0.3) is 0 Å². The highest BCUT2D eigenvalue weighted by Crippen LogP contribution is 2.20. The summed E-state index contributed by atoms with van der Waals surface area (Å²) in [6.07, 6.45) is 0. The highest BCUT2D eigenvalue weighted by molar-refractivity contribution is 7.90. The smallest absolute Gasteiger partial charge is 0.182 e. The summed E-state index contributed by atoms with van der Waals surface area (Å²) in [7, 11) is -2.04. The van der Waals surface area contributed by atoms with Gasteiger partial charge in [0.15, 0.2) is 9.84 Å². The molecular formula is C14H13FO3S. The van der Waals surface area contributed by atoms with Crippen molar-refractivity contribution >= 4 is 9.84 Å². The van der Waals surface area contributed by atoms with Crippen LogP contribution in [0.25, 0.3) is 0 Å². The molecule has 0 spiro atoms. The molecule has 0 aliphatic heterocycles. The van der Waals surface area contributed by atoms with Crippen LogP contribution >= 0.6 is 0 Å². The fraction of sp³-hybridized carbons (Fsp3) is 0.143. The van der Waals surface area contributed by atoms with Gasteiger partial charge in [-0.05, 0) is 35.9 Å². The number of methoxy groups -OCH3 is 1. The molecule has 0 aliphatic rings. The summed E-state index contributed by atoms with van der Waals surface area (Å²) < 4.78 is 42.4. The Bertz CT molecular complexity index is 681. The van der Waals surface area contributed by atoms with E-state index in [1.54, 1.807) is 24.3 Å². The quantitative estimate of drug-likeness (QED) is 0.865. The van der Waals surface area contributed by atoms with E-state index in [0.29, 0.717) is 11.3 Å². The second-order valence-electron chi connectivity index (χ2n) is 4.07. The molecule has 0 atom stereocenters. The number of halogens is 1. The van der Waals surface area contributed by atoms with Crippen LogP contribution in [0.2, 0.25) is 0 Å². The van der Waals surface area contributed by atoms with Gasteiger partial charge in [-0.2, -0.15) is 0 Å². The predicted molar refractivity (Wildman–Crippen MR) is 70.3 cm³/mol. The standard InChI is InChI=1S/C14H13FO3S/c1-18-13-6-2-4-11(8-13)10-19(16,17)14-7-3-5-12(15)9-14/h2-9H,10H2,1H3. The number of ether oxygens (including phenoxy) is 1. The first kappa shape index (κ1) is 13.5. The fourth-order valence-electron chi connectivity index (χ4n) is 1.73. The van der Waals surface area contributed by atoms with Crippen LogP contribution in [-0.4, -0.2) is 15.5 Å². The molecule has 0 heterocycles. The molecule has 0 saturated carbocycles. The maximum Gasteiger partial charge on any atom is 0.182 e. The lowest BCUT2D eigenvalue weighted by molar-refractivity contribution is 0.414. The molecule has 2 aromatic carbocycles. The highest BCUT2D eigenvalue weighted by Gasteiger charge is 2.16. The van der Waals surface area contributed by atoms with Crippen LogP contribution in [0.5, 0.6) is 5.75 Å². The van der Waals surface area contributed by atoms with E-state index in [1.807, 2.05) is 0 Å². The molecule has 0 bridgehead atoms. The number of sulfone groups is 1. The van der Waals surface area contributed by atoms with E-state index in [0.717, 1.165) is 6.07 Å². The lowest BCUT2D eigenvalue weighted by Crippen LogP contribution is -2.05. The van der Waals surface area contributed by atoms with Gasteiger partial charge in [-0.1, -0.05) is 18.2 Å². The Kier molecular flexibility index (Phi) is 3.85. The normalized spacial score (nSPS) is 11.3. The first-order valence-corrected chi connectivity index (χ1v) is 7.28. The zero-order valence-corrected chi connectivity index (χ0v) is 11.2. The highest BCUT2D eigenvalue weighted by atomic mass is 32.2. The molecule has 0 saturated heterocycles. The van der Waals surface area contributed by atoms with Crippen LogP contribution in [0.1, 0.15) is 5.56 Å². The van der Waals surface area contributed by atoms with Gasteiger partial charge in [0.2, 0.25) is 0 Å². The molecule has 19 heavy (non-hydrogen) atoms. The third-order valence-electron chi connectivity index (χ3n) is 2.65. The number of hydrogen-bond donors (Lipinski definition) is 0. The topological polar surface area (TPSA) is 43.4 Å². The van der Waals surface area contributed by atoms with Gasteiger partial charge in [-0.25, -0.2) is 12.8 Å². The summed E-state index contributed by atoms with van der Waals surface area (Å²) in [4.78, 5) is -0.0182. The van der Waals surface area contributed by atoms with E-state index >= 15 is 0 Å². The van der Waals surface area contributed by atoms with Gasteiger partial charge < -0.3 is 4.74 Å². The molecule has 2 rings (SSSR count).